The Morgan fingerprint density at radius 2 is 1.95 bits per heavy atom. The zero-order chi connectivity index (χ0) is 13.8. The van der Waals surface area contributed by atoms with Gasteiger partial charge in [0.15, 0.2) is 0 Å². The Balaban J connectivity index is 1.76. The van der Waals surface area contributed by atoms with E-state index >= 15 is 0 Å². The van der Waals surface area contributed by atoms with Crippen LogP contribution >= 0.6 is 0 Å². The number of hydrogen-bond acceptors (Lipinski definition) is 3. The van der Waals surface area contributed by atoms with Crippen molar-refractivity contribution in [3.63, 3.8) is 0 Å². The minimum atomic E-state index is -0.196. The highest BCUT2D eigenvalue weighted by atomic mass is 16.2. The molecule has 2 aliphatic carbocycles. The van der Waals surface area contributed by atoms with Gasteiger partial charge in [-0.15, -0.1) is 0 Å². The van der Waals surface area contributed by atoms with Crippen LogP contribution in [0.2, 0.25) is 0 Å². The molecule has 1 heterocycles. The summed E-state index contributed by atoms with van der Waals surface area (Å²) in [5, 5.41) is 6.03. The van der Waals surface area contributed by atoms with Gasteiger partial charge < -0.3 is 5.32 Å². The first-order valence-corrected chi connectivity index (χ1v) is 7.43. The lowest BCUT2D eigenvalue weighted by molar-refractivity contribution is -0.135. The highest BCUT2D eigenvalue weighted by Crippen LogP contribution is 2.62. The van der Waals surface area contributed by atoms with Gasteiger partial charge in [-0.25, -0.2) is 0 Å². The minimum absolute atomic E-state index is 0.138. The van der Waals surface area contributed by atoms with Gasteiger partial charge in [-0.05, 0) is 42.4 Å². The number of carbonyl (C=O) groups is 2. The van der Waals surface area contributed by atoms with E-state index in [0.717, 1.165) is 5.92 Å². The Bertz CT molecular complexity index is 427. The maximum Gasteiger partial charge on any atom is 0.243 e. The third-order valence-corrected chi connectivity index (χ3v) is 5.88. The molecule has 3 fully saturated rings. The molecule has 106 valence electrons. The summed E-state index contributed by atoms with van der Waals surface area (Å²) in [6.07, 6.45) is 4.93. The second-order valence-electron chi connectivity index (χ2n) is 7.52. The van der Waals surface area contributed by atoms with Crippen LogP contribution < -0.4 is 10.6 Å². The molecule has 4 unspecified atom stereocenters. The SMILES string of the molecule is CC12CCC(C1)C(C)(C)C2NC1CCC(=O)NC1=O. The molecule has 1 saturated heterocycles. The van der Waals surface area contributed by atoms with E-state index in [9.17, 15) is 9.59 Å². The van der Waals surface area contributed by atoms with E-state index in [4.69, 9.17) is 0 Å². The third-order valence-electron chi connectivity index (χ3n) is 5.88. The molecule has 2 saturated carbocycles. The number of fused-ring (bicyclic) bond motifs is 2. The lowest BCUT2D eigenvalue weighted by Crippen LogP contribution is -2.59. The molecule has 0 radical (unpaired) electrons. The number of piperidine rings is 1. The summed E-state index contributed by atoms with van der Waals surface area (Å²) >= 11 is 0. The van der Waals surface area contributed by atoms with Crippen molar-refractivity contribution in [1.29, 1.82) is 0 Å². The van der Waals surface area contributed by atoms with E-state index in [1.54, 1.807) is 0 Å². The average molecular weight is 264 g/mol. The van der Waals surface area contributed by atoms with Gasteiger partial charge in [0.1, 0.15) is 0 Å². The average Bonchev–Trinajstić information content (AvgIpc) is 2.78. The van der Waals surface area contributed by atoms with Crippen LogP contribution in [0.1, 0.15) is 52.9 Å². The van der Waals surface area contributed by atoms with Gasteiger partial charge in [0, 0.05) is 12.5 Å². The zero-order valence-electron chi connectivity index (χ0n) is 12.1. The Morgan fingerprint density at radius 1 is 1.21 bits per heavy atom. The normalized spacial score (nSPS) is 44.5. The molecular formula is C15H24N2O2. The van der Waals surface area contributed by atoms with Crippen molar-refractivity contribution in [1.82, 2.24) is 10.6 Å². The lowest BCUT2D eigenvalue weighted by Gasteiger charge is -2.45. The fraction of sp³-hybridized carbons (Fsp3) is 0.867. The predicted molar refractivity (Wildman–Crippen MR) is 72.3 cm³/mol. The van der Waals surface area contributed by atoms with Crippen molar-refractivity contribution in [2.45, 2.75) is 65.0 Å². The molecule has 3 aliphatic rings. The molecule has 0 aromatic heterocycles. The van der Waals surface area contributed by atoms with Crippen LogP contribution in [0.5, 0.6) is 0 Å². The van der Waals surface area contributed by atoms with Gasteiger partial charge in [0.05, 0.1) is 6.04 Å². The maximum atomic E-state index is 11.9. The van der Waals surface area contributed by atoms with Gasteiger partial charge in [0.2, 0.25) is 11.8 Å². The van der Waals surface area contributed by atoms with Crippen molar-refractivity contribution in [2.75, 3.05) is 0 Å². The fourth-order valence-electron chi connectivity index (χ4n) is 4.77. The number of carbonyl (C=O) groups excluding carboxylic acids is 2. The van der Waals surface area contributed by atoms with Crippen molar-refractivity contribution in [2.24, 2.45) is 16.7 Å². The predicted octanol–water partition coefficient (Wildman–Crippen LogP) is 1.60. The maximum absolute atomic E-state index is 11.9. The molecule has 2 N–H and O–H groups in total. The monoisotopic (exact) mass is 264 g/mol. The van der Waals surface area contributed by atoms with E-state index in [2.05, 4.69) is 31.4 Å². The second-order valence-corrected chi connectivity index (χ2v) is 7.52. The van der Waals surface area contributed by atoms with Crippen LogP contribution in [0.15, 0.2) is 0 Å². The van der Waals surface area contributed by atoms with E-state index < -0.39 is 0 Å². The Labute approximate surface area is 114 Å². The second kappa shape index (κ2) is 4.05. The van der Waals surface area contributed by atoms with E-state index in [1.807, 2.05) is 0 Å². The first-order valence-electron chi connectivity index (χ1n) is 7.43. The molecule has 4 heteroatoms. The highest BCUT2D eigenvalue weighted by molar-refractivity contribution is 6.00. The standard InChI is InChI=1S/C15H24N2O2/c1-14(2)9-6-7-15(3,8-9)13(14)16-10-4-5-11(18)17-12(10)19/h9-10,13,16H,4-8H2,1-3H3,(H,17,18,19). The van der Waals surface area contributed by atoms with Crippen LogP contribution in [0, 0.1) is 16.7 Å². The largest absolute Gasteiger partial charge is 0.302 e. The first-order chi connectivity index (χ1) is 8.83. The summed E-state index contributed by atoms with van der Waals surface area (Å²) in [6.45, 7) is 7.00. The topological polar surface area (TPSA) is 58.2 Å². The summed E-state index contributed by atoms with van der Waals surface area (Å²) in [5.41, 5.74) is 0.560. The number of rotatable bonds is 2. The number of amides is 2. The van der Waals surface area contributed by atoms with Gasteiger partial charge in [-0.3, -0.25) is 14.9 Å². The summed E-state index contributed by atoms with van der Waals surface area (Å²) in [4.78, 5) is 23.1. The molecule has 2 bridgehead atoms. The number of hydrogen-bond donors (Lipinski definition) is 2. The Hall–Kier alpha value is -0.900. The van der Waals surface area contributed by atoms with Crippen molar-refractivity contribution in [3.8, 4) is 0 Å². The van der Waals surface area contributed by atoms with Crippen LogP contribution in [0.4, 0.5) is 0 Å². The van der Waals surface area contributed by atoms with E-state index in [1.165, 1.54) is 19.3 Å². The molecule has 0 aromatic rings. The van der Waals surface area contributed by atoms with Crippen molar-refractivity contribution < 1.29 is 9.59 Å². The van der Waals surface area contributed by atoms with Gasteiger partial charge in [0.25, 0.3) is 0 Å². The summed E-state index contributed by atoms with van der Waals surface area (Å²) < 4.78 is 0. The van der Waals surface area contributed by atoms with Crippen molar-refractivity contribution >= 4 is 11.8 Å². The van der Waals surface area contributed by atoms with Gasteiger partial charge in [-0.2, -0.15) is 0 Å². The molecule has 3 rings (SSSR count). The third kappa shape index (κ3) is 1.92. The molecule has 4 nitrogen and oxygen atoms in total. The molecule has 1 aliphatic heterocycles. The van der Waals surface area contributed by atoms with Gasteiger partial charge >= 0.3 is 0 Å². The molecular weight excluding hydrogens is 240 g/mol. The van der Waals surface area contributed by atoms with E-state index in [0.29, 0.717) is 24.3 Å². The summed E-state index contributed by atoms with van der Waals surface area (Å²) in [6, 6.07) is 0.181. The first kappa shape index (κ1) is 13.1. The minimum Gasteiger partial charge on any atom is -0.302 e. The zero-order valence-corrected chi connectivity index (χ0v) is 12.1. The van der Waals surface area contributed by atoms with Crippen LogP contribution in [-0.2, 0) is 9.59 Å². The summed E-state index contributed by atoms with van der Waals surface area (Å²) in [7, 11) is 0. The van der Waals surface area contributed by atoms with Gasteiger partial charge in [-0.1, -0.05) is 20.8 Å². The molecule has 0 aromatic carbocycles. The van der Waals surface area contributed by atoms with Crippen LogP contribution in [0.25, 0.3) is 0 Å². The van der Waals surface area contributed by atoms with Crippen molar-refractivity contribution in [3.05, 3.63) is 0 Å². The fourth-order valence-corrected chi connectivity index (χ4v) is 4.77. The molecule has 4 atom stereocenters. The highest BCUT2D eigenvalue weighted by Gasteiger charge is 2.59. The number of nitrogens with one attached hydrogen (secondary N) is 2. The Kier molecular flexibility index (Phi) is 2.79. The Morgan fingerprint density at radius 3 is 2.53 bits per heavy atom. The van der Waals surface area contributed by atoms with Crippen LogP contribution in [0.3, 0.4) is 0 Å². The van der Waals surface area contributed by atoms with E-state index in [-0.39, 0.29) is 23.3 Å². The molecule has 2 amide bonds. The molecule has 0 spiro atoms. The summed E-state index contributed by atoms with van der Waals surface area (Å²) in [5.74, 6) is 0.489. The smallest absolute Gasteiger partial charge is 0.243 e. The quantitative estimate of drug-likeness (QED) is 0.745. The lowest BCUT2D eigenvalue weighted by atomic mass is 9.68. The number of imide groups is 1. The van der Waals surface area contributed by atoms with Crippen LogP contribution in [-0.4, -0.2) is 23.9 Å². The molecule has 19 heavy (non-hydrogen) atoms.